The second-order valence-electron chi connectivity index (χ2n) is 35.5. The molecule has 36 heteroatoms. The Bertz CT molecular complexity index is 6180. The molecular weight excluding hydrogens is 1730 g/mol. The van der Waals surface area contributed by atoms with Gasteiger partial charge >= 0.3 is 23.9 Å². The van der Waals surface area contributed by atoms with Gasteiger partial charge in [-0.15, -0.1) is 0 Å². The number of rotatable bonds is 24. The van der Waals surface area contributed by atoms with Gasteiger partial charge in [0.25, 0.3) is 0 Å². The highest BCUT2D eigenvalue weighted by molar-refractivity contribution is 5.96. The molecule has 704 valence electrons. The maximum Gasteiger partial charge on any atom is 0.338 e. The van der Waals surface area contributed by atoms with E-state index in [1.165, 1.54) is 47.6 Å². The van der Waals surface area contributed by atoms with Crippen LogP contribution in [0.15, 0.2) is 154 Å². The van der Waals surface area contributed by atoms with Gasteiger partial charge in [-0.2, -0.15) is 20.4 Å². The van der Waals surface area contributed by atoms with Crippen molar-refractivity contribution in [3.63, 3.8) is 0 Å². The lowest BCUT2D eigenvalue weighted by Gasteiger charge is -2.36. The lowest BCUT2D eigenvalue weighted by Crippen LogP contribution is -2.50. The molecule has 0 bridgehead atoms. The van der Waals surface area contributed by atoms with E-state index in [1.54, 1.807) is 50.2 Å². The zero-order valence-corrected chi connectivity index (χ0v) is 78.1. The van der Waals surface area contributed by atoms with Crippen molar-refractivity contribution in [3.05, 3.63) is 282 Å². The van der Waals surface area contributed by atoms with Crippen LogP contribution in [0.5, 0.6) is 0 Å². The molecule has 8 aliphatic heterocycles. The van der Waals surface area contributed by atoms with Gasteiger partial charge in [0.2, 0.25) is 23.6 Å². The molecule has 4 amide bonds. The summed E-state index contributed by atoms with van der Waals surface area (Å²) in [5.41, 5.74) is 23.2. The molecule has 4 saturated heterocycles. The van der Waals surface area contributed by atoms with Gasteiger partial charge in [-0.3, -0.25) is 43.8 Å². The number of fused-ring (bicyclic) bond motifs is 4. The normalized spacial score (nSPS) is 16.2. The summed E-state index contributed by atoms with van der Waals surface area (Å²) in [7, 11) is 0. The van der Waals surface area contributed by atoms with Crippen molar-refractivity contribution in [1.29, 1.82) is 0 Å². The van der Waals surface area contributed by atoms with Crippen LogP contribution in [0.4, 0.5) is 0 Å². The predicted molar refractivity (Wildman–Crippen MR) is 498 cm³/mol. The average Bonchev–Trinajstić information content (AvgIpc) is 1.59. The molecule has 0 N–H and O–H groups in total. The number of carbonyl (C=O) groups is 8. The number of esters is 4. The molecule has 0 spiro atoms. The minimum atomic E-state index is -0.252. The summed E-state index contributed by atoms with van der Waals surface area (Å²) in [6.07, 6.45) is 18.7. The average molecular weight is 1840 g/mol. The number of nitrogens with zero attached hydrogens (tertiary/aromatic N) is 24. The van der Waals surface area contributed by atoms with Crippen LogP contribution in [0.1, 0.15) is 161 Å². The third-order valence-corrected chi connectivity index (χ3v) is 27.4. The number of benzene rings is 4. The fraction of sp³-hybridized carbons (Fsp3) is 0.400. The molecule has 136 heavy (non-hydrogen) atoms. The number of aromatic nitrogens is 16. The number of hydrogen-bond acceptors (Lipinski definition) is 28. The van der Waals surface area contributed by atoms with Crippen LogP contribution in [-0.4, -0.2) is 297 Å². The zero-order chi connectivity index (χ0) is 94.6. The molecule has 4 aromatic carbocycles. The van der Waals surface area contributed by atoms with Gasteiger partial charge in [0.15, 0.2) is 17.5 Å². The van der Waals surface area contributed by atoms with Crippen LogP contribution < -0.4 is 0 Å². The van der Waals surface area contributed by atoms with E-state index in [0.717, 1.165) is 246 Å². The van der Waals surface area contributed by atoms with Gasteiger partial charge in [-0.05, 0) is 191 Å². The lowest BCUT2D eigenvalue weighted by molar-refractivity contribution is -0.134. The van der Waals surface area contributed by atoms with Crippen molar-refractivity contribution in [1.82, 2.24) is 118 Å². The second kappa shape index (κ2) is 42.5. The maximum atomic E-state index is 13.2. The molecule has 16 heterocycles. The third-order valence-electron chi connectivity index (χ3n) is 27.4. The summed E-state index contributed by atoms with van der Waals surface area (Å²) >= 11 is 0. The molecule has 12 aromatic rings. The number of pyridine rings is 4. The first-order chi connectivity index (χ1) is 66.0. The summed E-state index contributed by atoms with van der Waals surface area (Å²) in [6.45, 7) is 33.8. The summed E-state index contributed by atoms with van der Waals surface area (Å²) < 4.78 is 27.1. The number of cyclic esters (lactones) is 4. The van der Waals surface area contributed by atoms with E-state index in [0.29, 0.717) is 85.4 Å². The van der Waals surface area contributed by atoms with E-state index in [9.17, 15) is 38.4 Å². The molecule has 0 saturated carbocycles. The Morgan fingerprint density at radius 2 is 0.713 bits per heavy atom. The maximum absolute atomic E-state index is 13.2. The summed E-state index contributed by atoms with van der Waals surface area (Å²) in [5.74, 6) is 1.46. The van der Waals surface area contributed by atoms with Crippen LogP contribution in [0, 0.1) is 48.5 Å². The Morgan fingerprint density at radius 1 is 0.360 bits per heavy atom. The minimum Gasteiger partial charge on any atom is -0.457 e. The van der Waals surface area contributed by atoms with Gasteiger partial charge in [-0.1, -0.05) is 48.5 Å². The van der Waals surface area contributed by atoms with Gasteiger partial charge < -0.3 is 38.5 Å². The Kier molecular flexibility index (Phi) is 29.2. The van der Waals surface area contributed by atoms with E-state index in [-0.39, 0.29) is 53.4 Å². The lowest BCUT2D eigenvalue weighted by atomic mass is 9.96. The van der Waals surface area contributed by atoms with E-state index in [1.807, 2.05) is 145 Å². The van der Waals surface area contributed by atoms with E-state index in [2.05, 4.69) is 107 Å². The molecule has 0 radical (unpaired) electrons. The van der Waals surface area contributed by atoms with Crippen molar-refractivity contribution in [3.8, 4) is 23.1 Å². The Balaban J connectivity index is 0.000000126. The highest BCUT2D eigenvalue weighted by atomic mass is 16.5. The number of hydrogen-bond donors (Lipinski definition) is 0. The molecule has 8 aromatic heterocycles. The van der Waals surface area contributed by atoms with Crippen LogP contribution in [0.25, 0.3) is 23.1 Å². The fourth-order valence-corrected chi connectivity index (χ4v) is 18.7. The van der Waals surface area contributed by atoms with E-state index in [4.69, 9.17) is 18.9 Å². The number of amides is 4. The highest BCUT2D eigenvalue weighted by Crippen LogP contribution is 2.32. The van der Waals surface area contributed by atoms with Gasteiger partial charge in [-0.25, -0.2) is 72.8 Å². The first-order valence-electron chi connectivity index (χ1n) is 46.4. The largest absolute Gasteiger partial charge is 0.457 e. The second-order valence-corrected chi connectivity index (χ2v) is 35.5. The van der Waals surface area contributed by atoms with Crippen molar-refractivity contribution in [2.24, 2.45) is 0 Å². The molecule has 1 atom stereocenters. The molecule has 4 fully saturated rings. The van der Waals surface area contributed by atoms with Gasteiger partial charge in [0, 0.05) is 170 Å². The molecular formula is C100H112N24O12. The van der Waals surface area contributed by atoms with Gasteiger partial charge in [0.05, 0.1) is 65.0 Å². The van der Waals surface area contributed by atoms with Crippen LogP contribution in [0.3, 0.4) is 0 Å². The topological polar surface area (TPSA) is 374 Å². The number of ether oxygens (including phenoxy) is 4. The number of carbonyl (C=O) groups excluding carboxylic acids is 8. The van der Waals surface area contributed by atoms with Crippen LogP contribution in [0.2, 0.25) is 0 Å². The smallest absolute Gasteiger partial charge is 0.338 e. The van der Waals surface area contributed by atoms with Gasteiger partial charge in [0.1, 0.15) is 77.0 Å². The quantitative estimate of drug-likeness (QED) is 0.0411. The molecule has 20 rings (SSSR count). The summed E-state index contributed by atoms with van der Waals surface area (Å²) in [4.78, 5) is 150. The monoisotopic (exact) mass is 1840 g/mol. The predicted octanol–water partition coefficient (Wildman–Crippen LogP) is 7.77. The van der Waals surface area contributed by atoms with Crippen molar-refractivity contribution >= 4 is 47.5 Å². The van der Waals surface area contributed by atoms with Crippen LogP contribution >= 0.6 is 0 Å². The molecule has 8 aliphatic rings. The van der Waals surface area contributed by atoms with Crippen molar-refractivity contribution in [2.75, 3.05) is 131 Å². The first kappa shape index (κ1) is 93.4. The fourth-order valence-electron chi connectivity index (χ4n) is 18.7. The minimum absolute atomic E-state index is 0.114. The first-order valence-corrected chi connectivity index (χ1v) is 46.4. The van der Waals surface area contributed by atoms with Crippen molar-refractivity contribution < 1.29 is 57.3 Å². The Hall–Kier alpha value is -14.4. The standard InChI is InChI=1S/C26H30N6O3.2C25H28N6O3.C24H26N6O3/c1-17-20(4-5-22-23(17)14-35-26(22)34)8-9-30-10-12-31(13-11-30)25(33)18(2)21-6-7-24(29-19(21)3)32-16-27-15-28-32;1-17-19(3-5-21-22(17)14-34-25(21)33)7-8-29-9-11-30(12-10-29)24(32)13-20-4-6-23(28-18(20)2)31-16-26-15-27-31;1-17-11-20(31-16-26-15-28-31)13-27-23(17)12-24(32)30-9-7-29(8-10-30)6-5-19-3-4-21-22(18(19)2)14-34-25(21)33;1-17-19(3-5-22(27-17)30-16-25-15-26-30)13-23(31)29-10-8-28(9-11-29)7-6-18-2-4-21-20(12-18)14-33-24(21)32/h4-7,15-16,18H,8-14H2,1-3H3;3-6,15-16H,7-14H2,1-2H3;3-4,11,13,15-16H,5-10,12,14H2,1-2H3;2-5,12,15-16H,6-11,13-14H2,1H3. The number of aryl methyl sites for hydroxylation is 4. The summed E-state index contributed by atoms with van der Waals surface area (Å²) in [5, 5.41) is 16.4. The highest BCUT2D eigenvalue weighted by Gasteiger charge is 2.33. The zero-order valence-electron chi connectivity index (χ0n) is 78.1. The van der Waals surface area contributed by atoms with Crippen molar-refractivity contribution in [2.45, 2.75) is 133 Å². The Labute approximate surface area is 788 Å². The molecule has 36 nitrogen and oxygen atoms in total. The Morgan fingerprint density at radius 3 is 1.10 bits per heavy atom. The molecule has 0 aliphatic carbocycles. The number of piperazine rings is 4. The summed E-state index contributed by atoms with van der Waals surface area (Å²) in [6, 6.07) is 31.2. The third kappa shape index (κ3) is 21.8. The van der Waals surface area contributed by atoms with E-state index >= 15 is 0 Å². The molecule has 1 unspecified atom stereocenters. The van der Waals surface area contributed by atoms with Crippen LogP contribution in [-0.2, 0) is 109 Å². The SMILES string of the molecule is Cc1cc(-n2cncn2)cnc1CC(=O)N1CCN(CCc2ccc3c(c2C)COC3=O)CC1.Cc1nc(-n2cncn2)ccc1C(C)C(=O)N1CCN(CCc2ccc3c(c2C)COC3=O)CC1.Cc1nc(-n2cncn2)ccc1CC(=O)N1CCN(CCc2ccc3c(c2)COC3=O)CC1.Cc1nc(-n2cncn2)ccc1CC(=O)N1CCN(CCc2ccc3c(c2C)COC3=O)CC1. The van der Waals surface area contributed by atoms with E-state index < -0.39 is 0 Å².